The minimum absolute atomic E-state index is 0.0638. The number of amides is 3. The van der Waals surface area contributed by atoms with Crippen molar-refractivity contribution in [2.45, 2.75) is 24.8 Å². The maximum atomic E-state index is 13.8. The number of fused-ring (bicyclic) bond motifs is 1. The Morgan fingerprint density at radius 1 is 0.721 bits per heavy atom. The topological polar surface area (TPSA) is 244 Å². The van der Waals surface area contributed by atoms with Crippen molar-refractivity contribution in [3.63, 3.8) is 0 Å². The molecule has 0 radical (unpaired) electrons. The van der Waals surface area contributed by atoms with Crippen LogP contribution in [-0.2, 0) is 24.0 Å². The molecular weight excluding hydrogens is 891 g/mol. The first-order chi connectivity index (χ1) is 32.5. The first-order valence-corrected chi connectivity index (χ1v) is 22.6. The number of nitriles is 1. The predicted octanol–water partition coefficient (Wildman–Crippen LogP) is 0.780. The molecule has 1 atom stereocenters. The van der Waals surface area contributed by atoms with Gasteiger partial charge in [-0.25, -0.2) is 8.78 Å². The summed E-state index contributed by atoms with van der Waals surface area (Å²) < 4.78 is 33.8. The molecule has 20 nitrogen and oxygen atoms in total. The Hall–Kier alpha value is -6.38. The summed E-state index contributed by atoms with van der Waals surface area (Å²) in [5.41, 5.74) is 2.45. The van der Waals surface area contributed by atoms with Crippen LogP contribution >= 0.6 is 0 Å². The average Bonchev–Trinajstić information content (AvgIpc) is 3.64. The second-order valence-electron chi connectivity index (χ2n) is 17.2. The van der Waals surface area contributed by atoms with Gasteiger partial charge >= 0.3 is 17.9 Å². The lowest BCUT2D eigenvalue weighted by atomic mass is 10.0. The number of aliphatic carboxylic acids is 3. The molecule has 3 amide bonds. The normalized spacial score (nSPS) is 19.4. The zero-order valence-electron chi connectivity index (χ0n) is 37.8. The van der Waals surface area contributed by atoms with E-state index in [1.54, 1.807) is 26.8 Å². The van der Waals surface area contributed by atoms with Crippen LogP contribution in [0, 0.1) is 11.3 Å². The van der Waals surface area contributed by atoms with Crippen molar-refractivity contribution in [2.75, 3.05) is 131 Å². The van der Waals surface area contributed by atoms with Gasteiger partial charge in [0.1, 0.15) is 11.8 Å². The number of rotatable bonds is 17. The number of hydrogen-bond donors (Lipinski definition) is 4. The summed E-state index contributed by atoms with van der Waals surface area (Å²) in [4.78, 5) is 90.5. The Morgan fingerprint density at radius 3 is 1.85 bits per heavy atom. The third-order valence-corrected chi connectivity index (χ3v) is 12.3. The third-order valence-electron chi connectivity index (χ3n) is 12.3. The number of pyridine rings is 1. The molecule has 3 aliphatic rings. The van der Waals surface area contributed by atoms with E-state index in [0.29, 0.717) is 102 Å². The Labute approximate surface area is 392 Å². The van der Waals surface area contributed by atoms with Crippen LogP contribution in [0.2, 0.25) is 0 Å². The molecule has 4 N–H and O–H groups in total. The van der Waals surface area contributed by atoms with Gasteiger partial charge in [0.15, 0.2) is 0 Å². The van der Waals surface area contributed by atoms with Crippen LogP contribution in [0.5, 0.6) is 5.75 Å². The van der Waals surface area contributed by atoms with E-state index in [9.17, 15) is 58.1 Å². The highest BCUT2D eigenvalue weighted by Crippen LogP contribution is 2.32. The van der Waals surface area contributed by atoms with Crippen molar-refractivity contribution in [2.24, 2.45) is 0 Å². The minimum atomic E-state index is -3.16. The van der Waals surface area contributed by atoms with Crippen LogP contribution in [0.25, 0.3) is 22.0 Å². The zero-order valence-corrected chi connectivity index (χ0v) is 37.8. The SMILES string of the molecule is N#C[C@@H]1CC(F)(F)CN1C(=O)CNC(=O)c1ccnc2cc(-c3cccc(OCCCN4CCN(C(=O)CN5CCN(CC(=O)O)CCN(CC(=O)O)CCN(CC(=O)O)CC5)CC4)c3)ccc12. The maximum Gasteiger partial charge on any atom is 0.317 e. The standard InChI is InChI=1S/C46H58F2N10O10/c47-46(48)25-35(26-49)58(32-46)40(59)27-51-45(67)38-7-8-50-39-24-34(5-6-37(38)39)33-3-1-4-36(23-33)68-22-2-9-52-18-20-57(21-19-52)41(60)28-53-10-12-54(29-42(61)62)14-16-56(31-44(65)66)17-15-55(13-11-53)30-43(63)64/h1,3-8,23-24,35H,2,9-22,25,27-32H2,(H,51,67)(H,61,62)(H,63,64)(H,65,66)/t35-/m0/s1. The van der Waals surface area contributed by atoms with Crippen molar-refractivity contribution < 1.29 is 57.6 Å². The Bertz CT molecular complexity index is 2300. The second-order valence-corrected chi connectivity index (χ2v) is 17.2. The highest BCUT2D eigenvalue weighted by Gasteiger charge is 2.47. The molecule has 3 aromatic rings. The summed E-state index contributed by atoms with van der Waals surface area (Å²) >= 11 is 0. The lowest BCUT2D eigenvalue weighted by Crippen LogP contribution is -2.53. The zero-order chi connectivity index (χ0) is 48.8. The number of carboxylic acids is 3. The third kappa shape index (κ3) is 15.1. The number of aromatic nitrogens is 1. The number of alkyl halides is 2. The number of benzene rings is 2. The van der Waals surface area contributed by atoms with Gasteiger partial charge in [0.2, 0.25) is 11.8 Å². The summed E-state index contributed by atoms with van der Waals surface area (Å²) in [7, 11) is 0. The van der Waals surface area contributed by atoms with Gasteiger partial charge in [0.05, 0.1) is 63.0 Å². The Morgan fingerprint density at radius 2 is 1.28 bits per heavy atom. The van der Waals surface area contributed by atoms with Crippen LogP contribution in [-0.4, -0.2) is 233 Å². The van der Waals surface area contributed by atoms with Gasteiger partial charge in [0.25, 0.3) is 11.8 Å². The van der Waals surface area contributed by atoms with E-state index >= 15 is 0 Å². The number of carbonyl (C=O) groups is 6. The van der Waals surface area contributed by atoms with E-state index in [2.05, 4.69) is 15.2 Å². The van der Waals surface area contributed by atoms with Crippen LogP contribution in [0.1, 0.15) is 23.2 Å². The average molecular weight is 949 g/mol. The Kier molecular flexibility index (Phi) is 18.1. The molecular formula is C46H58F2N10O10. The van der Waals surface area contributed by atoms with E-state index in [1.165, 1.54) is 12.3 Å². The van der Waals surface area contributed by atoms with Gasteiger partial charge in [-0.3, -0.25) is 58.3 Å². The van der Waals surface area contributed by atoms with Crippen molar-refractivity contribution in [1.82, 2.24) is 44.6 Å². The molecule has 4 heterocycles. The van der Waals surface area contributed by atoms with Gasteiger partial charge < -0.3 is 35.2 Å². The monoisotopic (exact) mass is 948 g/mol. The molecule has 0 spiro atoms. The van der Waals surface area contributed by atoms with E-state index in [-0.39, 0.29) is 37.6 Å². The molecule has 0 saturated carbocycles. The molecule has 22 heteroatoms. The minimum Gasteiger partial charge on any atom is -0.494 e. The maximum absolute atomic E-state index is 13.8. The molecule has 3 saturated heterocycles. The van der Waals surface area contributed by atoms with Crippen LogP contribution < -0.4 is 10.1 Å². The molecule has 0 unspecified atom stereocenters. The van der Waals surface area contributed by atoms with E-state index in [1.807, 2.05) is 46.2 Å². The molecule has 0 bridgehead atoms. The summed E-state index contributed by atoms with van der Waals surface area (Å²) in [5.74, 6) is -6.97. The Balaban J connectivity index is 0.955. The number of nitrogens with one attached hydrogen (secondary N) is 1. The molecule has 1 aromatic heterocycles. The fourth-order valence-corrected chi connectivity index (χ4v) is 8.61. The fraction of sp³-hybridized carbons (Fsp3) is 0.522. The molecule has 3 aliphatic heterocycles. The molecule has 68 heavy (non-hydrogen) atoms. The highest BCUT2D eigenvalue weighted by molar-refractivity contribution is 6.07. The fourth-order valence-electron chi connectivity index (χ4n) is 8.61. The summed E-state index contributed by atoms with van der Waals surface area (Å²) in [5, 5.41) is 40.7. The molecule has 366 valence electrons. The number of carbonyl (C=O) groups excluding carboxylic acids is 3. The van der Waals surface area contributed by atoms with Crippen molar-refractivity contribution >= 4 is 46.5 Å². The molecule has 6 rings (SSSR count). The largest absolute Gasteiger partial charge is 0.494 e. The number of piperazine rings is 1. The van der Waals surface area contributed by atoms with Crippen LogP contribution in [0.4, 0.5) is 8.78 Å². The molecule has 2 aromatic carbocycles. The smallest absolute Gasteiger partial charge is 0.317 e. The lowest BCUT2D eigenvalue weighted by molar-refractivity contribution is -0.141. The number of halogens is 2. The number of ether oxygens (including phenoxy) is 1. The van der Waals surface area contributed by atoms with Gasteiger partial charge in [-0.2, -0.15) is 5.26 Å². The number of likely N-dealkylation sites (tertiary alicyclic amines) is 1. The molecule has 3 fully saturated rings. The van der Waals surface area contributed by atoms with E-state index in [4.69, 9.17) is 4.74 Å². The predicted molar refractivity (Wildman–Crippen MR) is 242 cm³/mol. The van der Waals surface area contributed by atoms with Gasteiger partial charge in [0, 0.05) is 103 Å². The van der Waals surface area contributed by atoms with E-state index < -0.39 is 61.2 Å². The van der Waals surface area contributed by atoms with Gasteiger partial charge in [-0.05, 0) is 41.8 Å². The van der Waals surface area contributed by atoms with E-state index in [0.717, 1.165) is 29.0 Å². The van der Waals surface area contributed by atoms with Crippen molar-refractivity contribution in [1.29, 1.82) is 5.26 Å². The first-order valence-electron chi connectivity index (χ1n) is 22.6. The lowest BCUT2D eigenvalue weighted by Gasteiger charge is -2.37. The second kappa shape index (κ2) is 24.1. The quantitative estimate of drug-likeness (QED) is 0.137. The molecule has 0 aliphatic carbocycles. The number of nitrogens with zero attached hydrogens (tertiary/aromatic N) is 9. The summed E-state index contributed by atoms with van der Waals surface area (Å²) in [6.07, 6.45) is 1.46. The summed E-state index contributed by atoms with van der Waals surface area (Å²) in [6, 6.07) is 15.0. The van der Waals surface area contributed by atoms with Crippen molar-refractivity contribution in [3.05, 3.63) is 60.3 Å². The summed E-state index contributed by atoms with van der Waals surface area (Å²) in [6.45, 7) is 4.17. The van der Waals surface area contributed by atoms with Gasteiger partial charge in [-0.1, -0.05) is 24.3 Å². The van der Waals surface area contributed by atoms with Gasteiger partial charge in [-0.15, -0.1) is 0 Å². The van der Waals surface area contributed by atoms with Crippen LogP contribution in [0.3, 0.4) is 0 Å². The highest BCUT2D eigenvalue weighted by atomic mass is 19.3. The number of hydrogen-bond acceptors (Lipinski definition) is 14. The first kappa shape index (κ1) is 51.0. The van der Waals surface area contributed by atoms with Crippen molar-refractivity contribution in [3.8, 4) is 22.9 Å². The number of carboxylic acid groups (broad SMARTS) is 3. The van der Waals surface area contributed by atoms with Crippen LogP contribution in [0.15, 0.2) is 54.7 Å².